The number of nitrogens with zero attached hydrogens (tertiary/aromatic N) is 1. The van der Waals surface area contributed by atoms with E-state index >= 15 is 0 Å². The normalized spacial score (nSPS) is 32.1. The summed E-state index contributed by atoms with van der Waals surface area (Å²) in [5.41, 5.74) is -1.48. The highest BCUT2D eigenvalue weighted by Gasteiger charge is 2.78. The lowest BCUT2D eigenvalue weighted by Crippen LogP contribution is -2.60. The lowest BCUT2D eigenvalue weighted by molar-refractivity contribution is -0.150. The third kappa shape index (κ3) is 4.54. The van der Waals surface area contributed by atoms with Crippen LogP contribution in [0.2, 0.25) is 0 Å². The maximum absolute atomic E-state index is 14.1. The zero-order valence-corrected chi connectivity index (χ0v) is 22.3. The number of benzene rings is 1. The Morgan fingerprint density at radius 2 is 1.83 bits per heavy atom. The summed E-state index contributed by atoms with van der Waals surface area (Å²) < 4.78 is 6.64. The topological polar surface area (TPSA) is 108 Å². The van der Waals surface area contributed by atoms with Crippen molar-refractivity contribution in [3.8, 4) is 0 Å². The Kier molecular flexibility index (Phi) is 6.99. The molecule has 3 amide bonds. The Morgan fingerprint density at radius 3 is 2.42 bits per heavy atom. The molecule has 1 spiro atoms. The highest BCUT2D eigenvalue weighted by molar-refractivity contribution is 5.99. The van der Waals surface area contributed by atoms with Crippen molar-refractivity contribution in [2.45, 2.75) is 96.2 Å². The summed E-state index contributed by atoms with van der Waals surface area (Å²) in [7, 11) is 0. The molecule has 8 heteroatoms. The number of aliphatic hydroxyl groups excluding tert-OH is 1. The molecule has 4 rings (SSSR count). The summed E-state index contributed by atoms with van der Waals surface area (Å²) in [5, 5.41) is 16.4. The molecule has 0 aromatic heterocycles. The number of nitrogens with one attached hydrogen (secondary N) is 2. The molecule has 2 bridgehead atoms. The van der Waals surface area contributed by atoms with E-state index in [1.807, 2.05) is 71.9 Å². The molecule has 8 nitrogen and oxygen atoms in total. The van der Waals surface area contributed by atoms with Crippen molar-refractivity contribution in [1.82, 2.24) is 15.5 Å². The molecule has 1 aromatic carbocycles. The largest absolute Gasteiger partial charge is 0.394 e. The molecule has 0 radical (unpaired) electrons. The van der Waals surface area contributed by atoms with Crippen molar-refractivity contribution in [2.24, 2.45) is 17.8 Å². The number of carbonyl (C=O) groups is 3. The lowest BCUT2D eigenvalue weighted by atomic mass is 9.66. The minimum atomic E-state index is -1.10. The molecule has 36 heavy (non-hydrogen) atoms. The Balaban J connectivity index is 1.71. The van der Waals surface area contributed by atoms with Crippen LogP contribution in [0.25, 0.3) is 0 Å². The van der Waals surface area contributed by atoms with Gasteiger partial charge in [-0.15, -0.1) is 0 Å². The number of ether oxygens (including phenoxy) is 1. The number of aliphatic hydroxyl groups is 1. The van der Waals surface area contributed by atoms with E-state index in [1.165, 1.54) is 0 Å². The van der Waals surface area contributed by atoms with Crippen molar-refractivity contribution in [3.63, 3.8) is 0 Å². The van der Waals surface area contributed by atoms with Gasteiger partial charge in [0.25, 0.3) is 0 Å². The maximum atomic E-state index is 14.1. The van der Waals surface area contributed by atoms with E-state index in [-0.39, 0.29) is 30.2 Å². The summed E-state index contributed by atoms with van der Waals surface area (Å²) in [4.78, 5) is 43.1. The van der Waals surface area contributed by atoms with Gasteiger partial charge in [0, 0.05) is 12.1 Å². The fraction of sp³-hybridized carbons (Fsp3) is 0.679. The minimum absolute atomic E-state index is 0.207. The van der Waals surface area contributed by atoms with Gasteiger partial charge in [0.05, 0.1) is 30.1 Å². The monoisotopic (exact) mass is 499 g/mol. The molecule has 6 atom stereocenters. The van der Waals surface area contributed by atoms with Gasteiger partial charge in [-0.1, -0.05) is 44.2 Å². The standard InChI is InChI=1S/C28H41N3O5/c1-17(2)14-19(16-32)31-22(24(34)30-26(3,4)5)28-13-12-27(6,36-28)20(21(28)25(31)35)23(33)29-15-18-10-8-7-9-11-18/h7-11,17,19-22,32H,12-16H2,1-6H3,(H,29,33)(H,30,34)/t19-,20-,21+,22?,27+,28?/m1/s1. The fourth-order valence-corrected chi connectivity index (χ4v) is 6.61. The van der Waals surface area contributed by atoms with Crippen LogP contribution in [0.15, 0.2) is 30.3 Å². The molecule has 1 aromatic rings. The van der Waals surface area contributed by atoms with E-state index in [0.29, 0.717) is 25.8 Å². The van der Waals surface area contributed by atoms with Crippen LogP contribution >= 0.6 is 0 Å². The number of carbonyl (C=O) groups excluding carboxylic acids is 3. The van der Waals surface area contributed by atoms with Gasteiger partial charge in [-0.05, 0) is 58.4 Å². The average Bonchev–Trinajstić information content (AvgIpc) is 3.36. The molecular formula is C28H41N3O5. The Labute approximate surface area is 214 Å². The maximum Gasteiger partial charge on any atom is 0.246 e. The summed E-state index contributed by atoms with van der Waals surface area (Å²) in [5.74, 6) is -2.08. The summed E-state index contributed by atoms with van der Waals surface area (Å²) in [6.07, 6.45) is 1.65. The van der Waals surface area contributed by atoms with Gasteiger partial charge in [0.15, 0.2) is 0 Å². The smallest absolute Gasteiger partial charge is 0.246 e. The van der Waals surface area contributed by atoms with Crippen LogP contribution in [-0.4, -0.2) is 63.2 Å². The van der Waals surface area contributed by atoms with E-state index in [0.717, 1.165) is 5.56 Å². The number of rotatable bonds is 8. The van der Waals surface area contributed by atoms with Crippen LogP contribution in [0.3, 0.4) is 0 Å². The Morgan fingerprint density at radius 1 is 1.17 bits per heavy atom. The van der Waals surface area contributed by atoms with E-state index in [1.54, 1.807) is 4.90 Å². The third-order valence-electron chi connectivity index (χ3n) is 7.90. The number of hydrogen-bond donors (Lipinski definition) is 3. The van der Waals surface area contributed by atoms with Crippen LogP contribution in [0.1, 0.15) is 66.4 Å². The number of hydrogen-bond acceptors (Lipinski definition) is 5. The molecule has 198 valence electrons. The summed E-state index contributed by atoms with van der Waals surface area (Å²) >= 11 is 0. The van der Waals surface area contributed by atoms with E-state index in [4.69, 9.17) is 4.74 Å². The molecule has 3 saturated heterocycles. The van der Waals surface area contributed by atoms with Gasteiger partial charge >= 0.3 is 0 Å². The highest BCUT2D eigenvalue weighted by Crippen LogP contribution is 2.63. The first-order chi connectivity index (χ1) is 16.8. The number of amides is 3. The van der Waals surface area contributed by atoms with Crippen LogP contribution in [-0.2, 0) is 25.7 Å². The second-order valence-corrected chi connectivity index (χ2v) is 12.4. The molecule has 3 aliphatic heterocycles. The zero-order chi connectivity index (χ0) is 26.5. The van der Waals surface area contributed by atoms with E-state index in [9.17, 15) is 19.5 Å². The second kappa shape index (κ2) is 9.45. The second-order valence-electron chi connectivity index (χ2n) is 12.4. The fourth-order valence-electron chi connectivity index (χ4n) is 6.61. The Hall–Kier alpha value is -2.45. The zero-order valence-electron chi connectivity index (χ0n) is 22.3. The Bertz CT molecular complexity index is 1010. The van der Waals surface area contributed by atoms with Gasteiger partial charge in [0.1, 0.15) is 11.6 Å². The van der Waals surface area contributed by atoms with Crippen LogP contribution in [0.5, 0.6) is 0 Å². The molecule has 3 aliphatic rings. The molecule has 0 saturated carbocycles. The molecule has 3 N–H and O–H groups in total. The first-order valence-corrected chi connectivity index (χ1v) is 13.1. The predicted molar refractivity (Wildman–Crippen MR) is 136 cm³/mol. The van der Waals surface area contributed by atoms with Crippen molar-refractivity contribution >= 4 is 17.7 Å². The van der Waals surface area contributed by atoms with Crippen molar-refractivity contribution in [3.05, 3.63) is 35.9 Å². The summed E-state index contributed by atoms with van der Waals surface area (Å²) in [6, 6.07) is 8.19. The lowest BCUT2D eigenvalue weighted by Gasteiger charge is -2.39. The van der Waals surface area contributed by atoms with Gasteiger partial charge in [-0.2, -0.15) is 0 Å². The van der Waals surface area contributed by atoms with Crippen LogP contribution in [0.4, 0.5) is 0 Å². The van der Waals surface area contributed by atoms with Gasteiger partial charge in [0.2, 0.25) is 17.7 Å². The van der Waals surface area contributed by atoms with Crippen LogP contribution < -0.4 is 10.6 Å². The molecular weight excluding hydrogens is 458 g/mol. The minimum Gasteiger partial charge on any atom is -0.394 e. The molecule has 2 unspecified atom stereocenters. The first kappa shape index (κ1) is 26.6. The average molecular weight is 500 g/mol. The van der Waals surface area contributed by atoms with Crippen molar-refractivity contribution in [2.75, 3.05) is 6.61 Å². The molecule has 3 fully saturated rings. The third-order valence-corrected chi connectivity index (χ3v) is 7.90. The first-order valence-electron chi connectivity index (χ1n) is 13.1. The van der Waals surface area contributed by atoms with E-state index in [2.05, 4.69) is 10.6 Å². The van der Waals surface area contributed by atoms with E-state index < -0.39 is 40.7 Å². The van der Waals surface area contributed by atoms with Gasteiger partial charge in [-0.3, -0.25) is 14.4 Å². The van der Waals surface area contributed by atoms with Crippen molar-refractivity contribution in [1.29, 1.82) is 0 Å². The summed E-state index contributed by atoms with van der Waals surface area (Å²) in [6.45, 7) is 11.7. The predicted octanol–water partition coefficient (Wildman–Crippen LogP) is 2.39. The van der Waals surface area contributed by atoms with Crippen molar-refractivity contribution < 1.29 is 24.2 Å². The SMILES string of the molecule is CC(C)C[C@H](CO)N1C(=O)[C@@H]2[C@H](C(=O)NCc3ccccc3)[C@]3(C)CCC2(O3)C1C(=O)NC(C)(C)C. The number of fused-ring (bicyclic) bond motifs is 1. The number of likely N-dealkylation sites (tertiary alicyclic amines) is 1. The molecule has 0 aliphatic carbocycles. The van der Waals surface area contributed by atoms with Gasteiger partial charge in [-0.25, -0.2) is 0 Å². The van der Waals surface area contributed by atoms with Crippen LogP contribution in [0, 0.1) is 17.8 Å². The van der Waals surface area contributed by atoms with Gasteiger partial charge < -0.3 is 25.4 Å². The quantitative estimate of drug-likeness (QED) is 0.509. The molecule has 3 heterocycles. The highest BCUT2D eigenvalue weighted by atomic mass is 16.5.